The molecule has 1 N–H and O–H groups in total. The van der Waals surface area contributed by atoms with E-state index in [0.717, 1.165) is 28.0 Å². The van der Waals surface area contributed by atoms with Gasteiger partial charge in [-0.3, -0.25) is 0 Å². The largest absolute Gasteiger partial charge is 0.411 e. The summed E-state index contributed by atoms with van der Waals surface area (Å²) in [7, 11) is -4.37. The van der Waals surface area contributed by atoms with Gasteiger partial charge in [0.1, 0.15) is 10.7 Å². The Morgan fingerprint density at radius 2 is 1.49 bits per heavy atom. The lowest BCUT2D eigenvalue weighted by Gasteiger charge is -2.53. The quantitative estimate of drug-likeness (QED) is 0.263. The molecule has 0 bridgehead atoms. The van der Waals surface area contributed by atoms with E-state index in [2.05, 4.69) is 95.8 Å². The summed E-state index contributed by atoms with van der Waals surface area (Å²) in [6.07, 6.45) is 0.535. The summed E-state index contributed by atoms with van der Waals surface area (Å²) in [5.74, 6) is 0.763. The standard InChI is InChI=1S/C29H51BrO5S2Si2/c1-27(2,3)38(7,8)34-23-18-29(31,26-36-16-11-17-37-26)33-24(25(23)35-39(9,10)28(4,5)6)20-32-19-21-12-14-22(30)15-13-21/h12-15,23-26,31H,11,16-20H2,1-10H3/t23-,24-,25+,29?/m0/s1. The van der Waals surface area contributed by atoms with Crippen LogP contribution in [0.15, 0.2) is 28.7 Å². The maximum Gasteiger partial charge on any atom is 0.192 e. The van der Waals surface area contributed by atoms with Crippen molar-refractivity contribution in [2.24, 2.45) is 0 Å². The first-order valence-electron chi connectivity index (χ1n) is 14.2. The van der Waals surface area contributed by atoms with E-state index in [9.17, 15) is 5.11 Å². The van der Waals surface area contributed by atoms with Gasteiger partial charge >= 0.3 is 0 Å². The van der Waals surface area contributed by atoms with Gasteiger partial charge in [-0.25, -0.2) is 0 Å². The van der Waals surface area contributed by atoms with E-state index in [1.165, 1.54) is 0 Å². The van der Waals surface area contributed by atoms with E-state index >= 15 is 0 Å². The number of halogens is 1. The Kier molecular flexibility index (Phi) is 11.5. The minimum absolute atomic E-state index is 0.0280. The third-order valence-electron chi connectivity index (χ3n) is 8.73. The first-order valence-corrected chi connectivity index (χ1v) is 22.9. The molecule has 224 valence electrons. The van der Waals surface area contributed by atoms with E-state index in [1.807, 2.05) is 12.1 Å². The van der Waals surface area contributed by atoms with E-state index in [-0.39, 0.29) is 26.9 Å². The summed E-state index contributed by atoms with van der Waals surface area (Å²) in [6.45, 7) is 23.5. The second-order valence-corrected chi connectivity index (χ2v) is 27.2. The summed E-state index contributed by atoms with van der Waals surface area (Å²) in [5.41, 5.74) is 1.10. The predicted molar refractivity (Wildman–Crippen MR) is 176 cm³/mol. The molecular formula is C29H51BrO5S2Si2. The van der Waals surface area contributed by atoms with Crippen molar-refractivity contribution in [3.05, 3.63) is 34.3 Å². The van der Waals surface area contributed by atoms with Crippen LogP contribution in [0.3, 0.4) is 0 Å². The minimum atomic E-state index is -2.19. The average molecular weight is 680 g/mol. The molecule has 0 spiro atoms. The Balaban J connectivity index is 1.95. The van der Waals surface area contributed by atoms with Crippen LogP contribution in [0.4, 0.5) is 0 Å². The molecule has 2 heterocycles. The van der Waals surface area contributed by atoms with Crippen LogP contribution in [0, 0.1) is 0 Å². The summed E-state index contributed by atoms with van der Waals surface area (Å²) in [4.78, 5) is 0. The van der Waals surface area contributed by atoms with Crippen molar-refractivity contribution in [3.8, 4) is 0 Å². The number of hydrogen-bond donors (Lipinski definition) is 1. The van der Waals surface area contributed by atoms with Gasteiger partial charge < -0.3 is 23.4 Å². The van der Waals surface area contributed by atoms with Crippen LogP contribution in [0.1, 0.15) is 59.9 Å². The molecule has 1 aromatic carbocycles. The Bertz CT molecular complexity index is 929. The van der Waals surface area contributed by atoms with Gasteiger partial charge in [0, 0.05) is 10.9 Å². The van der Waals surface area contributed by atoms with Gasteiger partial charge in [-0.1, -0.05) is 69.6 Å². The Morgan fingerprint density at radius 3 is 2.03 bits per heavy atom. The van der Waals surface area contributed by atoms with Crippen molar-refractivity contribution >= 4 is 56.1 Å². The van der Waals surface area contributed by atoms with Crippen molar-refractivity contribution in [2.75, 3.05) is 18.1 Å². The van der Waals surface area contributed by atoms with Crippen LogP contribution < -0.4 is 0 Å². The van der Waals surface area contributed by atoms with E-state index in [4.69, 9.17) is 18.3 Å². The number of aliphatic hydroxyl groups is 1. The van der Waals surface area contributed by atoms with Crippen molar-refractivity contribution in [1.29, 1.82) is 0 Å². The van der Waals surface area contributed by atoms with Gasteiger partial charge in [0.15, 0.2) is 22.4 Å². The topological polar surface area (TPSA) is 57.2 Å². The Hall–Kier alpha value is 0.634. The summed E-state index contributed by atoms with van der Waals surface area (Å²) < 4.78 is 28.2. The zero-order valence-corrected chi connectivity index (χ0v) is 30.9. The van der Waals surface area contributed by atoms with Crippen molar-refractivity contribution < 1.29 is 23.4 Å². The van der Waals surface area contributed by atoms with Gasteiger partial charge in [-0.05, 0) is 71.9 Å². The highest BCUT2D eigenvalue weighted by molar-refractivity contribution is 9.10. The lowest BCUT2D eigenvalue weighted by Crippen LogP contribution is -2.65. The fraction of sp³-hybridized carbons (Fsp3) is 0.793. The first kappa shape index (κ1) is 34.1. The molecule has 0 amide bonds. The molecule has 5 nitrogen and oxygen atoms in total. The van der Waals surface area contributed by atoms with Crippen LogP contribution in [0.25, 0.3) is 0 Å². The van der Waals surface area contributed by atoms with Crippen LogP contribution in [-0.4, -0.2) is 68.5 Å². The zero-order chi connectivity index (χ0) is 29.3. The number of thioether (sulfide) groups is 2. The minimum Gasteiger partial charge on any atom is -0.411 e. The smallest absolute Gasteiger partial charge is 0.192 e. The lowest BCUT2D eigenvalue weighted by molar-refractivity contribution is -0.295. The molecule has 1 unspecified atom stereocenters. The highest BCUT2D eigenvalue weighted by Gasteiger charge is 2.56. The second-order valence-electron chi connectivity index (χ2n) is 14.0. The van der Waals surface area contributed by atoms with Crippen LogP contribution in [0.2, 0.25) is 36.3 Å². The van der Waals surface area contributed by atoms with Gasteiger partial charge in [-0.2, -0.15) is 0 Å². The normalized spacial score (nSPS) is 28.1. The highest BCUT2D eigenvalue weighted by atomic mass is 79.9. The van der Waals surface area contributed by atoms with Crippen LogP contribution in [0.5, 0.6) is 0 Å². The van der Waals surface area contributed by atoms with Crippen LogP contribution in [-0.2, 0) is 24.9 Å². The third-order valence-corrected chi connectivity index (χ3v) is 21.4. The lowest BCUT2D eigenvalue weighted by atomic mass is 9.96. The number of ether oxygens (including phenoxy) is 2. The molecular weight excluding hydrogens is 629 g/mol. The molecule has 2 saturated heterocycles. The fourth-order valence-electron chi connectivity index (χ4n) is 4.26. The molecule has 2 fully saturated rings. The first-order chi connectivity index (χ1) is 17.8. The van der Waals surface area contributed by atoms with Crippen molar-refractivity contribution in [2.45, 2.75) is 126 Å². The number of benzene rings is 1. The Morgan fingerprint density at radius 1 is 0.949 bits per heavy atom. The summed E-state index contributed by atoms with van der Waals surface area (Å²) in [6, 6.07) is 8.17. The number of rotatable bonds is 9. The monoisotopic (exact) mass is 678 g/mol. The summed E-state index contributed by atoms with van der Waals surface area (Å²) in [5, 5.41) is 12.2. The van der Waals surface area contributed by atoms with Crippen LogP contribution >= 0.6 is 39.5 Å². The maximum absolute atomic E-state index is 12.1. The molecule has 39 heavy (non-hydrogen) atoms. The zero-order valence-electron chi connectivity index (χ0n) is 25.6. The van der Waals surface area contributed by atoms with Gasteiger partial charge in [-0.15, -0.1) is 23.5 Å². The second kappa shape index (κ2) is 13.1. The molecule has 0 saturated carbocycles. The molecule has 1 aromatic rings. The molecule has 0 radical (unpaired) electrons. The molecule has 10 heteroatoms. The molecule has 0 aromatic heterocycles. The van der Waals surface area contributed by atoms with Gasteiger partial charge in [0.2, 0.25) is 0 Å². The molecule has 0 aliphatic carbocycles. The van der Waals surface area contributed by atoms with Gasteiger partial charge in [0.05, 0.1) is 25.4 Å². The summed E-state index contributed by atoms with van der Waals surface area (Å²) >= 11 is 7.11. The predicted octanol–water partition coefficient (Wildman–Crippen LogP) is 8.42. The molecule has 2 aliphatic heterocycles. The maximum atomic E-state index is 12.1. The molecule has 4 atom stereocenters. The molecule has 3 rings (SSSR count). The highest BCUT2D eigenvalue weighted by Crippen LogP contribution is 2.48. The van der Waals surface area contributed by atoms with E-state index in [0.29, 0.717) is 19.6 Å². The fourth-order valence-corrected chi connectivity index (χ4v) is 10.2. The third kappa shape index (κ3) is 8.83. The Labute approximate surface area is 256 Å². The molecule has 2 aliphatic rings. The SMILES string of the molecule is CC(C)(C)[Si](C)(C)O[C@H]1[C@H](COCc2ccc(Br)cc2)OC(O)(C2SCCCS2)C[C@@H]1O[Si](C)(C)C(C)(C)C. The number of hydrogen-bond acceptors (Lipinski definition) is 7. The van der Waals surface area contributed by atoms with Crippen molar-refractivity contribution in [3.63, 3.8) is 0 Å². The average Bonchev–Trinajstić information content (AvgIpc) is 2.81. The van der Waals surface area contributed by atoms with E-state index < -0.39 is 28.5 Å². The van der Waals surface area contributed by atoms with E-state index in [1.54, 1.807) is 23.5 Å². The van der Waals surface area contributed by atoms with Gasteiger partial charge in [0.25, 0.3) is 0 Å². The van der Waals surface area contributed by atoms with Crippen molar-refractivity contribution in [1.82, 2.24) is 0 Å².